The van der Waals surface area contributed by atoms with Crippen molar-refractivity contribution < 1.29 is 0 Å². The number of aromatic nitrogens is 2. The zero-order valence-electron chi connectivity index (χ0n) is 11.2. The number of halogens is 1. The maximum Gasteiger partial charge on any atom is 0.224 e. The summed E-state index contributed by atoms with van der Waals surface area (Å²) in [6.45, 7) is 2.20. The van der Waals surface area contributed by atoms with Gasteiger partial charge in [0, 0.05) is 37.6 Å². The molecule has 1 atom stereocenters. The van der Waals surface area contributed by atoms with Gasteiger partial charge in [-0.1, -0.05) is 6.07 Å². The molecule has 0 aliphatic rings. The Morgan fingerprint density at radius 3 is 2.95 bits per heavy atom. The number of nitrogens with zero attached hydrogens (tertiary/aromatic N) is 3. The third-order valence-corrected chi connectivity index (χ3v) is 4.48. The molecule has 1 unspecified atom stereocenters. The highest BCUT2D eigenvalue weighted by atomic mass is 79.9. The van der Waals surface area contributed by atoms with Crippen LogP contribution in [0.2, 0.25) is 0 Å². The maximum absolute atomic E-state index is 4.50. The zero-order chi connectivity index (χ0) is 13.8. The van der Waals surface area contributed by atoms with E-state index in [9.17, 15) is 0 Å². The molecule has 0 aromatic carbocycles. The SMILES string of the molecule is CNc1ncc(Br)c(N(C)C(C)Cc2cccs2)n1. The summed E-state index contributed by atoms with van der Waals surface area (Å²) in [4.78, 5) is 12.2. The van der Waals surface area contributed by atoms with Gasteiger partial charge in [-0.05, 0) is 34.3 Å². The van der Waals surface area contributed by atoms with Gasteiger partial charge < -0.3 is 10.2 Å². The van der Waals surface area contributed by atoms with Crippen LogP contribution in [-0.4, -0.2) is 30.1 Å². The fourth-order valence-electron chi connectivity index (χ4n) is 1.79. The molecule has 0 bridgehead atoms. The summed E-state index contributed by atoms with van der Waals surface area (Å²) in [5.74, 6) is 1.54. The second kappa shape index (κ2) is 6.34. The molecule has 2 aromatic heterocycles. The first-order valence-electron chi connectivity index (χ1n) is 6.07. The average Bonchev–Trinajstić information content (AvgIpc) is 2.91. The van der Waals surface area contributed by atoms with Crippen LogP contribution in [0.25, 0.3) is 0 Å². The molecular formula is C13H17BrN4S. The molecule has 2 heterocycles. The molecule has 0 aliphatic heterocycles. The Kier molecular flexibility index (Phi) is 4.76. The first-order valence-corrected chi connectivity index (χ1v) is 7.74. The zero-order valence-corrected chi connectivity index (χ0v) is 13.6. The van der Waals surface area contributed by atoms with Crippen molar-refractivity contribution in [3.63, 3.8) is 0 Å². The normalized spacial score (nSPS) is 12.2. The van der Waals surface area contributed by atoms with Gasteiger partial charge in [-0.25, -0.2) is 4.98 Å². The minimum absolute atomic E-state index is 0.370. The Labute approximate surface area is 126 Å². The molecule has 0 saturated carbocycles. The number of anilines is 2. The highest BCUT2D eigenvalue weighted by Gasteiger charge is 2.16. The molecule has 0 radical (unpaired) electrons. The van der Waals surface area contributed by atoms with E-state index < -0.39 is 0 Å². The van der Waals surface area contributed by atoms with Crippen LogP contribution in [-0.2, 0) is 6.42 Å². The molecular weight excluding hydrogens is 324 g/mol. The predicted octanol–water partition coefficient (Wildman–Crippen LogP) is 3.41. The average molecular weight is 341 g/mol. The van der Waals surface area contributed by atoms with E-state index in [0.29, 0.717) is 12.0 Å². The molecule has 1 N–H and O–H groups in total. The summed E-state index contributed by atoms with van der Waals surface area (Å²) < 4.78 is 0.909. The van der Waals surface area contributed by atoms with Crippen molar-refractivity contribution in [1.82, 2.24) is 9.97 Å². The van der Waals surface area contributed by atoms with Gasteiger partial charge in [-0.15, -0.1) is 11.3 Å². The molecule has 0 amide bonds. The van der Waals surface area contributed by atoms with Gasteiger partial charge in [-0.3, -0.25) is 0 Å². The number of hydrogen-bond donors (Lipinski definition) is 1. The third kappa shape index (κ3) is 3.45. The second-order valence-corrected chi connectivity index (χ2v) is 6.25. The maximum atomic E-state index is 4.50. The number of likely N-dealkylation sites (N-methyl/N-ethyl adjacent to an activating group) is 1. The summed E-state index contributed by atoms with van der Waals surface area (Å²) in [6.07, 6.45) is 2.79. The van der Waals surface area contributed by atoms with E-state index in [4.69, 9.17) is 0 Å². The Balaban J connectivity index is 2.16. The van der Waals surface area contributed by atoms with E-state index in [2.05, 4.69) is 67.6 Å². The quantitative estimate of drug-likeness (QED) is 0.905. The lowest BCUT2D eigenvalue weighted by atomic mass is 10.2. The molecule has 6 heteroatoms. The van der Waals surface area contributed by atoms with Crippen LogP contribution >= 0.6 is 27.3 Å². The van der Waals surface area contributed by atoms with Crippen LogP contribution in [0.5, 0.6) is 0 Å². The van der Waals surface area contributed by atoms with Crippen LogP contribution in [0.15, 0.2) is 28.2 Å². The van der Waals surface area contributed by atoms with Crippen LogP contribution in [0.3, 0.4) is 0 Å². The van der Waals surface area contributed by atoms with Crippen LogP contribution in [0, 0.1) is 0 Å². The summed E-state index contributed by atoms with van der Waals surface area (Å²) >= 11 is 5.31. The lowest BCUT2D eigenvalue weighted by Gasteiger charge is -2.26. The Hall–Kier alpha value is -1.14. The molecule has 0 aliphatic carbocycles. The van der Waals surface area contributed by atoms with Crippen molar-refractivity contribution in [3.8, 4) is 0 Å². The van der Waals surface area contributed by atoms with Gasteiger partial charge in [0.2, 0.25) is 5.95 Å². The highest BCUT2D eigenvalue weighted by Crippen LogP contribution is 2.26. The molecule has 2 aromatic rings. The Morgan fingerprint density at radius 1 is 1.53 bits per heavy atom. The lowest BCUT2D eigenvalue weighted by molar-refractivity contribution is 0.678. The van der Waals surface area contributed by atoms with E-state index in [0.717, 1.165) is 16.7 Å². The van der Waals surface area contributed by atoms with Gasteiger partial charge in [0.1, 0.15) is 5.82 Å². The molecule has 102 valence electrons. The molecule has 0 spiro atoms. The van der Waals surface area contributed by atoms with E-state index in [1.807, 2.05) is 7.05 Å². The van der Waals surface area contributed by atoms with E-state index in [1.165, 1.54) is 4.88 Å². The largest absolute Gasteiger partial charge is 0.357 e. The summed E-state index contributed by atoms with van der Waals surface area (Å²) in [6, 6.07) is 4.63. The summed E-state index contributed by atoms with van der Waals surface area (Å²) in [5.41, 5.74) is 0. The van der Waals surface area contributed by atoms with Crippen LogP contribution < -0.4 is 10.2 Å². The monoisotopic (exact) mass is 340 g/mol. The van der Waals surface area contributed by atoms with Crippen molar-refractivity contribution in [1.29, 1.82) is 0 Å². The van der Waals surface area contributed by atoms with Crippen molar-refractivity contribution in [2.24, 2.45) is 0 Å². The third-order valence-electron chi connectivity index (χ3n) is 3.02. The van der Waals surface area contributed by atoms with Gasteiger partial charge in [0.25, 0.3) is 0 Å². The van der Waals surface area contributed by atoms with Crippen molar-refractivity contribution >= 4 is 39.0 Å². The van der Waals surface area contributed by atoms with Crippen molar-refractivity contribution in [2.75, 3.05) is 24.3 Å². The smallest absolute Gasteiger partial charge is 0.224 e. The summed E-state index contributed by atoms with van der Waals surface area (Å²) in [5, 5.41) is 5.08. The van der Waals surface area contributed by atoms with E-state index in [-0.39, 0.29) is 0 Å². The number of rotatable bonds is 5. The fraction of sp³-hybridized carbons (Fsp3) is 0.385. The van der Waals surface area contributed by atoms with Crippen molar-refractivity contribution in [2.45, 2.75) is 19.4 Å². The molecule has 4 nitrogen and oxygen atoms in total. The number of nitrogens with one attached hydrogen (secondary N) is 1. The Morgan fingerprint density at radius 2 is 2.32 bits per heavy atom. The molecule has 2 rings (SSSR count). The lowest BCUT2D eigenvalue weighted by Crippen LogP contribution is -2.31. The van der Waals surface area contributed by atoms with Gasteiger partial charge in [0.15, 0.2) is 0 Å². The highest BCUT2D eigenvalue weighted by molar-refractivity contribution is 9.10. The number of thiophene rings is 1. The fourth-order valence-corrected chi connectivity index (χ4v) is 3.09. The van der Waals surface area contributed by atoms with Gasteiger partial charge in [-0.2, -0.15) is 4.98 Å². The topological polar surface area (TPSA) is 41.1 Å². The molecule has 0 saturated heterocycles. The van der Waals surface area contributed by atoms with E-state index in [1.54, 1.807) is 17.5 Å². The summed E-state index contributed by atoms with van der Waals surface area (Å²) in [7, 11) is 3.88. The minimum Gasteiger partial charge on any atom is -0.357 e. The molecule has 0 fully saturated rings. The molecule has 19 heavy (non-hydrogen) atoms. The Bertz CT molecular complexity index is 529. The van der Waals surface area contributed by atoms with Crippen LogP contribution in [0.4, 0.5) is 11.8 Å². The second-order valence-electron chi connectivity index (χ2n) is 4.36. The van der Waals surface area contributed by atoms with E-state index >= 15 is 0 Å². The first-order chi connectivity index (χ1) is 9.11. The van der Waals surface area contributed by atoms with Gasteiger partial charge >= 0.3 is 0 Å². The first kappa shape index (κ1) is 14.3. The number of hydrogen-bond acceptors (Lipinski definition) is 5. The standard InChI is InChI=1S/C13H17BrN4S/c1-9(7-10-5-4-6-19-10)18(3)12-11(14)8-16-13(15-2)17-12/h4-6,8-9H,7H2,1-3H3,(H,15,16,17). The van der Waals surface area contributed by atoms with Crippen molar-refractivity contribution in [3.05, 3.63) is 33.1 Å². The van der Waals surface area contributed by atoms with Crippen LogP contribution in [0.1, 0.15) is 11.8 Å². The minimum atomic E-state index is 0.370. The van der Waals surface area contributed by atoms with Gasteiger partial charge in [0.05, 0.1) is 4.47 Å². The predicted molar refractivity (Wildman–Crippen MR) is 85.2 cm³/mol.